The molecule has 0 radical (unpaired) electrons. The number of hydrogen-bond donors (Lipinski definition) is 2. The zero-order valence-electron chi connectivity index (χ0n) is 11.5. The Balaban J connectivity index is 2.11. The molecular weight excluding hydrogens is 258 g/mol. The number of benzene rings is 1. The van der Waals surface area contributed by atoms with Crippen molar-refractivity contribution in [2.45, 2.75) is 27.0 Å². The summed E-state index contributed by atoms with van der Waals surface area (Å²) >= 11 is 0. The highest BCUT2D eigenvalue weighted by Crippen LogP contribution is 2.18. The highest BCUT2D eigenvalue weighted by molar-refractivity contribution is 5.93. The van der Waals surface area contributed by atoms with Gasteiger partial charge in [0.25, 0.3) is 0 Å². The van der Waals surface area contributed by atoms with E-state index in [2.05, 4.69) is 5.10 Å². The van der Waals surface area contributed by atoms with Crippen LogP contribution in [0.5, 0.6) is 5.75 Å². The Morgan fingerprint density at radius 2 is 2.05 bits per heavy atom. The maximum atomic E-state index is 12.1. The maximum Gasteiger partial charge on any atom is 0.359 e. The van der Waals surface area contributed by atoms with Crippen molar-refractivity contribution in [2.24, 2.45) is 0 Å². The van der Waals surface area contributed by atoms with Crippen LogP contribution in [-0.2, 0) is 17.9 Å². The Labute approximate surface area is 116 Å². The molecule has 0 atom stereocenters. The summed E-state index contributed by atoms with van der Waals surface area (Å²) in [5.41, 5.74) is 7.88. The van der Waals surface area contributed by atoms with Crippen LogP contribution in [0, 0.1) is 6.92 Å². The molecule has 0 aliphatic rings. The molecule has 0 saturated carbocycles. The number of aromatic nitrogens is 2. The Bertz CT molecular complexity index is 617. The number of carbonyl (C=O) groups excluding carboxylic acids is 1. The molecule has 0 aliphatic carbocycles. The van der Waals surface area contributed by atoms with E-state index in [0.717, 1.165) is 5.56 Å². The maximum absolute atomic E-state index is 12.1. The molecule has 20 heavy (non-hydrogen) atoms. The van der Waals surface area contributed by atoms with E-state index in [-0.39, 0.29) is 18.1 Å². The highest BCUT2D eigenvalue weighted by atomic mass is 16.5. The monoisotopic (exact) mass is 275 g/mol. The van der Waals surface area contributed by atoms with Crippen LogP contribution in [0.1, 0.15) is 28.7 Å². The number of nitrogens with zero attached hydrogens (tertiary/aromatic N) is 2. The first-order valence-electron chi connectivity index (χ1n) is 6.30. The van der Waals surface area contributed by atoms with E-state index >= 15 is 0 Å². The minimum atomic E-state index is -0.502. The molecule has 0 unspecified atom stereocenters. The van der Waals surface area contributed by atoms with Gasteiger partial charge in [0.1, 0.15) is 12.4 Å². The van der Waals surface area contributed by atoms with E-state index in [4.69, 9.17) is 10.5 Å². The third kappa shape index (κ3) is 2.74. The minimum absolute atomic E-state index is 0.118. The number of anilines is 1. The van der Waals surface area contributed by atoms with Gasteiger partial charge in [0, 0.05) is 6.54 Å². The van der Waals surface area contributed by atoms with Crippen LogP contribution in [0.2, 0.25) is 0 Å². The number of nitrogens with two attached hydrogens (primary N) is 1. The van der Waals surface area contributed by atoms with Gasteiger partial charge in [-0.2, -0.15) is 5.10 Å². The zero-order valence-corrected chi connectivity index (χ0v) is 11.5. The summed E-state index contributed by atoms with van der Waals surface area (Å²) in [6.07, 6.45) is 0. The van der Waals surface area contributed by atoms with Gasteiger partial charge in [0.05, 0.1) is 11.4 Å². The number of nitrogen functional groups attached to an aromatic ring is 1. The van der Waals surface area contributed by atoms with Crippen molar-refractivity contribution in [3.63, 3.8) is 0 Å². The first-order chi connectivity index (χ1) is 9.52. The fourth-order valence-corrected chi connectivity index (χ4v) is 1.85. The minimum Gasteiger partial charge on any atom is -0.508 e. The van der Waals surface area contributed by atoms with Crippen LogP contribution in [0.3, 0.4) is 0 Å². The van der Waals surface area contributed by atoms with E-state index in [9.17, 15) is 9.90 Å². The van der Waals surface area contributed by atoms with E-state index in [1.165, 1.54) is 16.8 Å². The number of aromatic hydroxyl groups is 1. The second-order valence-electron chi connectivity index (χ2n) is 4.41. The Kier molecular flexibility index (Phi) is 3.93. The van der Waals surface area contributed by atoms with Crippen LogP contribution < -0.4 is 5.73 Å². The van der Waals surface area contributed by atoms with Crippen molar-refractivity contribution >= 4 is 11.7 Å². The van der Waals surface area contributed by atoms with Gasteiger partial charge in [-0.1, -0.05) is 12.1 Å². The topological polar surface area (TPSA) is 90.4 Å². The highest BCUT2D eigenvalue weighted by Gasteiger charge is 2.20. The molecule has 6 heteroatoms. The predicted molar refractivity (Wildman–Crippen MR) is 74.3 cm³/mol. The average Bonchev–Trinajstić information content (AvgIpc) is 2.73. The lowest BCUT2D eigenvalue weighted by Crippen LogP contribution is -2.14. The van der Waals surface area contributed by atoms with Crippen LogP contribution in [0.4, 0.5) is 5.69 Å². The Morgan fingerprint density at radius 3 is 2.65 bits per heavy atom. The lowest BCUT2D eigenvalue weighted by Gasteiger charge is -2.07. The molecule has 1 heterocycles. The number of esters is 1. The molecule has 106 valence electrons. The summed E-state index contributed by atoms with van der Waals surface area (Å²) in [6.45, 7) is 4.29. The lowest BCUT2D eigenvalue weighted by atomic mass is 10.2. The molecule has 1 aromatic heterocycles. The van der Waals surface area contributed by atoms with Gasteiger partial charge < -0.3 is 15.6 Å². The van der Waals surface area contributed by atoms with E-state index in [0.29, 0.717) is 17.9 Å². The summed E-state index contributed by atoms with van der Waals surface area (Å²) in [6, 6.07) is 6.46. The van der Waals surface area contributed by atoms with E-state index in [1.54, 1.807) is 19.1 Å². The first-order valence-corrected chi connectivity index (χ1v) is 6.30. The van der Waals surface area contributed by atoms with Crippen molar-refractivity contribution in [2.75, 3.05) is 5.73 Å². The van der Waals surface area contributed by atoms with Gasteiger partial charge in [-0.25, -0.2) is 4.79 Å². The van der Waals surface area contributed by atoms with Crippen molar-refractivity contribution in [1.82, 2.24) is 9.78 Å². The smallest absolute Gasteiger partial charge is 0.359 e. The summed E-state index contributed by atoms with van der Waals surface area (Å²) in [5.74, 6) is -0.331. The number of aryl methyl sites for hydroxylation is 2. The molecule has 6 nitrogen and oxygen atoms in total. The van der Waals surface area contributed by atoms with Crippen molar-refractivity contribution in [3.05, 3.63) is 41.2 Å². The SMILES string of the molecule is CCn1nc(C)c(N)c1C(=O)OCc1ccc(O)cc1. The number of ether oxygens (including phenoxy) is 1. The zero-order chi connectivity index (χ0) is 14.7. The third-order valence-corrected chi connectivity index (χ3v) is 2.97. The number of rotatable bonds is 4. The molecule has 0 bridgehead atoms. The number of hydrogen-bond acceptors (Lipinski definition) is 5. The van der Waals surface area contributed by atoms with Crippen LogP contribution in [-0.4, -0.2) is 20.9 Å². The molecule has 0 aliphatic heterocycles. The van der Waals surface area contributed by atoms with Crippen LogP contribution in [0.15, 0.2) is 24.3 Å². The van der Waals surface area contributed by atoms with Crippen LogP contribution >= 0.6 is 0 Å². The molecule has 0 saturated heterocycles. The third-order valence-electron chi connectivity index (χ3n) is 2.97. The fourth-order valence-electron chi connectivity index (χ4n) is 1.85. The second-order valence-corrected chi connectivity index (χ2v) is 4.41. The van der Waals surface area contributed by atoms with Crippen molar-refractivity contribution < 1.29 is 14.6 Å². The molecular formula is C14H17N3O3. The van der Waals surface area contributed by atoms with Gasteiger partial charge in [0.15, 0.2) is 5.69 Å². The molecule has 2 rings (SSSR count). The van der Waals surface area contributed by atoms with Gasteiger partial charge in [-0.3, -0.25) is 4.68 Å². The van der Waals surface area contributed by atoms with Gasteiger partial charge in [-0.15, -0.1) is 0 Å². The van der Waals surface area contributed by atoms with E-state index < -0.39 is 5.97 Å². The standard InChI is InChI=1S/C14H17N3O3/c1-3-17-13(12(15)9(2)16-17)14(19)20-8-10-4-6-11(18)7-5-10/h4-7,18H,3,8,15H2,1-2H3. The molecule has 1 aromatic carbocycles. The summed E-state index contributed by atoms with van der Waals surface area (Å²) in [7, 11) is 0. The molecule has 0 fully saturated rings. The summed E-state index contributed by atoms with van der Waals surface area (Å²) in [5, 5.41) is 13.4. The summed E-state index contributed by atoms with van der Waals surface area (Å²) < 4.78 is 6.76. The van der Waals surface area contributed by atoms with Gasteiger partial charge >= 0.3 is 5.97 Å². The van der Waals surface area contributed by atoms with Crippen LogP contribution in [0.25, 0.3) is 0 Å². The van der Waals surface area contributed by atoms with E-state index in [1.807, 2.05) is 6.92 Å². The lowest BCUT2D eigenvalue weighted by molar-refractivity contribution is 0.0459. The molecule has 0 spiro atoms. The fraction of sp³-hybridized carbons (Fsp3) is 0.286. The molecule has 0 amide bonds. The van der Waals surface area contributed by atoms with Crippen molar-refractivity contribution in [1.29, 1.82) is 0 Å². The Hall–Kier alpha value is -2.50. The number of phenols is 1. The molecule has 2 aromatic rings. The number of phenolic OH excluding ortho intramolecular Hbond substituents is 1. The second kappa shape index (κ2) is 5.64. The Morgan fingerprint density at radius 1 is 1.40 bits per heavy atom. The normalized spacial score (nSPS) is 10.5. The molecule has 3 N–H and O–H groups in total. The number of carbonyl (C=O) groups is 1. The average molecular weight is 275 g/mol. The first kappa shape index (κ1) is 13.9. The summed E-state index contributed by atoms with van der Waals surface area (Å²) in [4.78, 5) is 12.1. The largest absolute Gasteiger partial charge is 0.508 e. The van der Waals surface area contributed by atoms with Gasteiger partial charge in [0.2, 0.25) is 0 Å². The van der Waals surface area contributed by atoms with Gasteiger partial charge in [-0.05, 0) is 31.5 Å². The van der Waals surface area contributed by atoms with Crippen molar-refractivity contribution in [3.8, 4) is 5.75 Å². The quantitative estimate of drug-likeness (QED) is 0.831. The predicted octanol–water partition coefficient (Wildman–Crippen LogP) is 1.86.